The molecule has 1 aromatic rings. The molecule has 0 atom stereocenters. The van der Waals surface area contributed by atoms with Crippen LogP contribution in [0, 0.1) is 12.7 Å². The summed E-state index contributed by atoms with van der Waals surface area (Å²) in [6.45, 7) is 2.58. The minimum absolute atomic E-state index is 0.00149. The van der Waals surface area contributed by atoms with Gasteiger partial charge in [0.05, 0.1) is 6.54 Å². The summed E-state index contributed by atoms with van der Waals surface area (Å²) < 4.78 is 39.0. The average Bonchev–Trinajstić information content (AvgIpc) is 2.30. The van der Waals surface area contributed by atoms with E-state index in [0.29, 0.717) is 5.56 Å². The predicted octanol–water partition coefficient (Wildman–Crippen LogP) is 0.212. The molecule has 0 bridgehead atoms. The zero-order chi connectivity index (χ0) is 14.8. The minimum Gasteiger partial charge on any atom is -0.398 e. The zero-order valence-electron chi connectivity index (χ0n) is 10.7. The Hall–Kier alpha value is -1.67. The summed E-state index contributed by atoms with van der Waals surface area (Å²) in [6, 6.07) is 2.09. The fourth-order valence-electron chi connectivity index (χ4n) is 1.55. The average molecular weight is 289 g/mol. The monoisotopic (exact) mass is 289 g/mol. The third-order valence-electron chi connectivity index (χ3n) is 2.62. The first-order chi connectivity index (χ1) is 8.70. The van der Waals surface area contributed by atoms with Gasteiger partial charge in [-0.05, 0) is 24.6 Å². The molecule has 1 rings (SSSR count). The van der Waals surface area contributed by atoms with Gasteiger partial charge in [-0.3, -0.25) is 4.79 Å². The molecule has 0 aliphatic heterocycles. The second kappa shape index (κ2) is 5.54. The molecular formula is C11H16FN3O3S. The van der Waals surface area contributed by atoms with Crippen LogP contribution in [0.1, 0.15) is 12.5 Å². The molecule has 0 aliphatic rings. The van der Waals surface area contributed by atoms with Gasteiger partial charge in [0.2, 0.25) is 15.9 Å². The van der Waals surface area contributed by atoms with Crippen LogP contribution in [0.3, 0.4) is 0 Å². The smallest absolute Gasteiger partial charge is 0.246 e. The molecule has 0 saturated carbocycles. The molecule has 19 heavy (non-hydrogen) atoms. The highest BCUT2D eigenvalue weighted by Crippen LogP contribution is 2.24. The third kappa shape index (κ3) is 3.21. The Morgan fingerprint density at radius 1 is 1.42 bits per heavy atom. The van der Waals surface area contributed by atoms with Gasteiger partial charge in [-0.25, -0.2) is 12.8 Å². The van der Waals surface area contributed by atoms with E-state index in [0.717, 1.165) is 16.4 Å². The lowest BCUT2D eigenvalue weighted by Crippen LogP contribution is -2.38. The Labute approximate surface area is 111 Å². The minimum atomic E-state index is -4.14. The van der Waals surface area contributed by atoms with Crippen molar-refractivity contribution in [2.45, 2.75) is 18.7 Å². The lowest BCUT2D eigenvalue weighted by Gasteiger charge is -2.19. The number of hydrogen-bond donors (Lipinski definition) is 2. The molecule has 0 unspecified atom stereocenters. The SMILES string of the molecule is CCN(CC(N)=O)S(=O)(=O)c1cc(N)c(C)cc1F. The fourth-order valence-corrected chi connectivity index (χ4v) is 3.04. The summed E-state index contributed by atoms with van der Waals surface area (Å²) in [5.41, 5.74) is 11.2. The molecule has 4 N–H and O–H groups in total. The van der Waals surface area contributed by atoms with Crippen molar-refractivity contribution in [1.29, 1.82) is 0 Å². The van der Waals surface area contributed by atoms with Crippen LogP contribution in [-0.2, 0) is 14.8 Å². The molecule has 0 fully saturated rings. The van der Waals surface area contributed by atoms with Gasteiger partial charge < -0.3 is 11.5 Å². The van der Waals surface area contributed by atoms with Crippen LogP contribution in [0.25, 0.3) is 0 Å². The Bertz CT molecular complexity index is 601. The summed E-state index contributed by atoms with van der Waals surface area (Å²) in [7, 11) is -4.14. The summed E-state index contributed by atoms with van der Waals surface area (Å²) >= 11 is 0. The van der Waals surface area contributed by atoms with Crippen molar-refractivity contribution in [3.63, 3.8) is 0 Å². The molecule has 1 amide bonds. The Kier molecular flexibility index (Phi) is 4.48. The van der Waals surface area contributed by atoms with Gasteiger partial charge >= 0.3 is 0 Å². The normalized spacial score (nSPS) is 11.8. The maximum absolute atomic E-state index is 13.8. The summed E-state index contributed by atoms with van der Waals surface area (Å²) in [5.74, 6) is -1.72. The topological polar surface area (TPSA) is 106 Å². The van der Waals surface area contributed by atoms with Crippen LogP contribution in [0.2, 0.25) is 0 Å². The van der Waals surface area contributed by atoms with E-state index in [-0.39, 0.29) is 12.2 Å². The first-order valence-corrected chi connectivity index (χ1v) is 6.98. The third-order valence-corrected chi connectivity index (χ3v) is 4.56. The standard InChI is InChI=1S/C11H16FN3O3S/c1-3-15(6-11(14)16)19(17,18)10-5-9(13)7(2)4-8(10)12/h4-5H,3,6,13H2,1-2H3,(H2,14,16). The summed E-state index contributed by atoms with van der Waals surface area (Å²) in [6.07, 6.45) is 0. The molecule has 106 valence electrons. The van der Waals surface area contributed by atoms with E-state index in [1.807, 2.05) is 0 Å². The number of sulfonamides is 1. The molecule has 0 spiro atoms. The highest BCUT2D eigenvalue weighted by Gasteiger charge is 2.28. The summed E-state index contributed by atoms with van der Waals surface area (Å²) in [4.78, 5) is 10.3. The second-order valence-electron chi connectivity index (χ2n) is 4.04. The van der Waals surface area contributed by atoms with Gasteiger partial charge in [0.25, 0.3) is 0 Å². The van der Waals surface area contributed by atoms with E-state index in [9.17, 15) is 17.6 Å². The first kappa shape index (κ1) is 15.4. The first-order valence-electron chi connectivity index (χ1n) is 5.54. The van der Waals surface area contributed by atoms with Crippen LogP contribution in [-0.4, -0.2) is 31.7 Å². The largest absolute Gasteiger partial charge is 0.398 e. The Morgan fingerprint density at radius 2 is 2.00 bits per heavy atom. The number of benzene rings is 1. The van der Waals surface area contributed by atoms with Crippen LogP contribution >= 0.6 is 0 Å². The molecule has 0 heterocycles. The number of rotatable bonds is 5. The molecule has 0 aliphatic carbocycles. The van der Waals surface area contributed by atoms with Gasteiger partial charge in [0.1, 0.15) is 10.7 Å². The van der Waals surface area contributed by atoms with Crippen molar-refractivity contribution in [3.8, 4) is 0 Å². The van der Waals surface area contributed by atoms with E-state index < -0.39 is 33.2 Å². The number of nitrogen functional groups attached to an aromatic ring is 1. The van der Waals surface area contributed by atoms with Crippen LogP contribution in [0.5, 0.6) is 0 Å². The number of carbonyl (C=O) groups is 1. The lowest BCUT2D eigenvalue weighted by molar-refractivity contribution is -0.118. The number of anilines is 1. The quantitative estimate of drug-likeness (QED) is 0.756. The van der Waals surface area contributed by atoms with Gasteiger partial charge in [-0.1, -0.05) is 6.92 Å². The highest BCUT2D eigenvalue weighted by atomic mass is 32.2. The van der Waals surface area contributed by atoms with Crippen molar-refractivity contribution in [3.05, 3.63) is 23.5 Å². The van der Waals surface area contributed by atoms with Gasteiger partial charge in [0, 0.05) is 12.2 Å². The Morgan fingerprint density at radius 3 is 2.47 bits per heavy atom. The molecule has 8 heteroatoms. The number of nitrogens with two attached hydrogens (primary N) is 2. The van der Waals surface area contributed by atoms with Gasteiger partial charge in [-0.2, -0.15) is 4.31 Å². The molecule has 6 nitrogen and oxygen atoms in total. The number of halogens is 1. The highest BCUT2D eigenvalue weighted by molar-refractivity contribution is 7.89. The van der Waals surface area contributed by atoms with Gasteiger partial charge in [-0.15, -0.1) is 0 Å². The maximum atomic E-state index is 13.8. The summed E-state index contributed by atoms with van der Waals surface area (Å²) in [5, 5.41) is 0. The number of carbonyl (C=O) groups excluding carboxylic acids is 1. The molecule has 1 aromatic carbocycles. The van der Waals surface area contributed by atoms with Crippen LogP contribution in [0.4, 0.5) is 10.1 Å². The van der Waals surface area contributed by atoms with Crippen LogP contribution in [0.15, 0.2) is 17.0 Å². The number of likely N-dealkylation sites (N-methyl/N-ethyl adjacent to an activating group) is 1. The maximum Gasteiger partial charge on any atom is 0.246 e. The van der Waals surface area contributed by atoms with E-state index in [2.05, 4.69) is 0 Å². The molecule has 0 aromatic heterocycles. The van der Waals surface area contributed by atoms with Crippen molar-refractivity contribution in [2.75, 3.05) is 18.8 Å². The van der Waals surface area contributed by atoms with E-state index >= 15 is 0 Å². The number of primary amides is 1. The van der Waals surface area contributed by atoms with E-state index in [4.69, 9.17) is 11.5 Å². The zero-order valence-corrected chi connectivity index (χ0v) is 11.5. The Balaban J connectivity index is 3.33. The molecular weight excluding hydrogens is 273 g/mol. The van der Waals surface area contributed by atoms with Crippen molar-refractivity contribution >= 4 is 21.6 Å². The number of aryl methyl sites for hydroxylation is 1. The number of hydrogen-bond acceptors (Lipinski definition) is 4. The van der Waals surface area contributed by atoms with Crippen molar-refractivity contribution in [1.82, 2.24) is 4.31 Å². The second-order valence-corrected chi connectivity index (χ2v) is 5.94. The van der Waals surface area contributed by atoms with Crippen LogP contribution < -0.4 is 11.5 Å². The van der Waals surface area contributed by atoms with Gasteiger partial charge in [0.15, 0.2) is 0 Å². The predicted molar refractivity (Wildman–Crippen MR) is 69.2 cm³/mol. The number of nitrogens with zero attached hydrogens (tertiary/aromatic N) is 1. The number of amides is 1. The fraction of sp³-hybridized carbons (Fsp3) is 0.364. The van der Waals surface area contributed by atoms with E-state index in [1.165, 1.54) is 6.92 Å². The van der Waals surface area contributed by atoms with Crippen molar-refractivity contribution in [2.24, 2.45) is 5.73 Å². The van der Waals surface area contributed by atoms with Crippen molar-refractivity contribution < 1.29 is 17.6 Å². The van der Waals surface area contributed by atoms with E-state index in [1.54, 1.807) is 6.92 Å². The molecule has 0 radical (unpaired) electrons. The molecule has 0 saturated heterocycles. The lowest BCUT2D eigenvalue weighted by atomic mass is 10.2.